The molecule has 1 fully saturated rings. The molecule has 0 bridgehead atoms. The van der Waals surface area contributed by atoms with Gasteiger partial charge in [-0.15, -0.1) is 0 Å². The van der Waals surface area contributed by atoms with Crippen LogP contribution in [0.5, 0.6) is 0 Å². The molecule has 1 saturated heterocycles. The highest BCUT2D eigenvalue weighted by Gasteiger charge is 2.34. The van der Waals surface area contributed by atoms with Gasteiger partial charge < -0.3 is 9.26 Å². The van der Waals surface area contributed by atoms with Crippen LogP contribution in [0.4, 0.5) is 0 Å². The summed E-state index contributed by atoms with van der Waals surface area (Å²) in [7, 11) is -3.70. The van der Waals surface area contributed by atoms with E-state index in [1.54, 1.807) is 30.5 Å². The van der Waals surface area contributed by atoms with E-state index in [-0.39, 0.29) is 30.5 Å². The van der Waals surface area contributed by atoms with Crippen LogP contribution in [0.1, 0.15) is 12.0 Å². The Balaban J connectivity index is 1.56. The average Bonchev–Trinajstić information content (AvgIpc) is 3.19. The lowest BCUT2D eigenvalue weighted by atomic mass is 10.3. The minimum absolute atomic E-state index is 0.0682. The Bertz CT molecular complexity index is 1040. The lowest BCUT2D eigenvalue weighted by Gasteiger charge is -2.30. The molecule has 3 heterocycles. The van der Waals surface area contributed by atoms with Crippen molar-refractivity contribution in [3.05, 3.63) is 59.6 Å². The highest BCUT2D eigenvalue weighted by molar-refractivity contribution is 7.89. The summed E-state index contributed by atoms with van der Waals surface area (Å²) < 4.78 is 38.0. The Morgan fingerprint density at radius 2 is 2.07 bits per heavy atom. The first kappa shape index (κ1) is 18.1. The number of aromatic nitrogens is 3. The summed E-state index contributed by atoms with van der Waals surface area (Å²) in [5.41, 5.74) is 0.562. The maximum Gasteiger partial charge on any atom is 0.257 e. The summed E-state index contributed by atoms with van der Waals surface area (Å²) in [6.07, 6.45) is 0.972. The van der Waals surface area contributed by atoms with Crippen LogP contribution in [-0.2, 0) is 14.8 Å². The number of hydrogen-bond acceptors (Lipinski definition) is 7. The molecule has 0 radical (unpaired) electrons. The van der Waals surface area contributed by atoms with E-state index in [0.29, 0.717) is 16.5 Å². The zero-order valence-electron chi connectivity index (χ0n) is 14.0. The molecule has 8 nitrogen and oxygen atoms in total. The van der Waals surface area contributed by atoms with Crippen molar-refractivity contribution in [3.8, 4) is 11.5 Å². The Hall–Kier alpha value is -2.33. The third-order valence-electron chi connectivity index (χ3n) is 4.07. The molecule has 1 aliphatic rings. The Morgan fingerprint density at radius 3 is 2.85 bits per heavy atom. The molecule has 2 aromatic heterocycles. The van der Waals surface area contributed by atoms with Gasteiger partial charge in [0, 0.05) is 24.3 Å². The molecule has 1 atom stereocenters. The molecule has 0 saturated carbocycles. The van der Waals surface area contributed by atoms with Gasteiger partial charge >= 0.3 is 0 Å². The van der Waals surface area contributed by atoms with Crippen LogP contribution in [0.3, 0.4) is 0 Å². The molecule has 1 aliphatic heterocycles. The molecule has 10 heteroatoms. The number of sulfonamides is 1. The van der Waals surface area contributed by atoms with Crippen LogP contribution in [0.25, 0.3) is 11.5 Å². The normalized spacial score (nSPS) is 18.5. The fourth-order valence-electron chi connectivity index (χ4n) is 2.73. The van der Waals surface area contributed by atoms with Crippen molar-refractivity contribution in [1.82, 2.24) is 19.4 Å². The number of hydrogen-bond donors (Lipinski definition) is 0. The highest BCUT2D eigenvalue weighted by atomic mass is 35.5. The molecule has 3 aromatic rings. The monoisotopic (exact) mass is 406 g/mol. The number of morpholine rings is 1. The molecule has 0 amide bonds. The number of nitrogens with zero attached hydrogens (tertiary/aromatic N) is 4. The quantitative estimate of drug-likeness (QED) is 0.656. The maximum absolute atomic E-state index is 12.9. The van der Waals surface area contributed by atoms with Crippen LogP contribution in [0.15, 0.2) is 58.1 Å². The Kier molecular flexibility index (Phi) is 4.92. The first-order valence-corrected chi connectivity index (χ1v) is 9.98. The topological polar surface area (TPSA) is 98.4 Å². The van der Waals surface area contributed by atoms with Crippen molar-refractivity contribution < 1.29 is 17.7 Å². The third kappa shape index (κ3) is 3.72. The van der Waals surface area contributed by atoms with Gasteiger partial charge in [-0.2, -0.15) is 9.29 Å². The Labute approximate surface area is 160 Å². The van der Waals surface area contributed by atoms with Crippen molar-refractivity contribution in [3.63, 3.8) is 0 Å². The van der Waals surface area contributed by atoms with Gasteiger partial charge in [-0.05, 0) is 30.3 Å². The van der Waals surface area contributed by atoms with E-state index in [9.17, 15) is 8.42 Å². The number of rotatable bonds is 4. The molecule has 4 rings (SSSR count). The van der Waals surface area contributed by atoms with Crippen molar-refractivity contribution in [2.24, 2.45) is 0 Å². The lowest BCUT2D eigenvalue weighted by Crippen LogP contribution is -2.42. The summed E-state index contributed by atoms with van der Waals surface area (Å²) in [5.74, 6) is 0.533. The fraction of sp³-hybridized carbons (Fsp3) is 0.235. The van der Waals surface area contributed by atoms with Gasteiger partial charge in [0.15, 0.2) is 6.10 Å². The van der Waals surface area contributed by atoms with E-state index >= 15 is 0 Å². The Morgan fingerprint density at radius 1 is 1.19 bits per heavy atom. The summed E-state index contributed by atoms with van der Waals surface area (Å²) in [5, 5.41) is 4.26. The largest absolute Gasteiger partial charge is 0.366 e. The molecule has 140 valence electrons. The molecule has 27 heavy (non-hydrogen) atoms. The smallest absolute Gasteiger partial charge is 0.257 e. The van der Waals surface area contributed by atoms with Crippen molar-refractivity contribution >= 4 is 21.6 Å². The minimum atomic E-state index is -3.70. The van der Waals surface area contributed by atoms with Crippen LogP contribution in [0.2, 0.25) is 5.02 Å². The molecular formula is C17H15ClN4O4S. The number of benzene rings is 1. The maximum atomic E-state index is 12.9. The van der Waals surface area contributed by atoms with Crippen LogP contribution in [-0.4, -0.2) is 47.5 Å². The second kappa shape index (κ2) is 7.35. The number of halogens is 1. The predicted molar refractivity (Wildman–Crippen MR) is 96.4 cm³/mol. The van der Waals surface area contributed by atoms with E-state index in [1.807, 2.05) is 6.07 Å². The zero-order valence-corrected chi connectivity index (χ0v) is 15.6. The van der Waals surface area contributed by atoms with Crippen LogP contribution in [0, 0.1) is 0 Å². The molecule has 0 spiro atoms. The lowest BCUT2D eigenvalue weighted by molar-refractivity contribution is -0.0199. The minimum Gasteiger partial charge on any atom is -0.366 e. The second-order valence-electron chi connectivity index (χ2n) is 5.85. The molecule has 0 unspecified atom stereocenters. The second-order valence-corrected chi connectivity index (χ2v) is 8.23. The molecule has 1 aromatic carbocycles. The van der Waals surface area contributed by atoms with Crippen LogP contribution >= 0.6 is 11.6 Å². The fourth-order valence-corrected chi connectivity index (χ4v) is 4.46. The van der Waals surface area contributed by atoms with Gasteiger partial charge in [0.2, 0.25) is 15.8 Å². The van der Waals surface area contributed by atoms with Crippen molar-refractivity contribution in [1.29, 1.82) is 0 Å². The van der Waals surface area contributed by atoms with Gasteiger partial charge in [0.05, 0.1) is 11.5 Å². The average molecular weight is 407 g/mol. The summed E-state index contributed by atoms with van der Waals surface area (Å²) >= 11 is 5.93. The van der Waals surface area contributed by atoms with Gasteiger partial charge in [0.25, 0.3) is 5.89 Å². The summed E-state index contributed by atoms with van der Waals surface area (Å²) in [6.45, 7) is 0.511. The predicted octanol–water partition coefficient (Wildman–Crippen LogP) is 2.55. The van der Waals surface area contributed by atoms with E-state index in [0.717, 1.165) is 0 Å². The van der Waals surface area contributed by atoms with Gasteiger partial charge in [0.1, 0.15) is 5.69 Å². The van der Waals surface area contributed by atoms with E-state index in [4.69, 9.17) is 20.9 Å². The molecular weight excluding hydrogens is 392 g/mol. The van der Waals surface area contributed by atoms with E-state index < -0.39 is 16.1 Å². The molecule has 0 N–H and O–H groups in total. The first-order chi connectivity index (χ1) is 13.0. The standard InChI is InChI=1S/C17H15ClN4O4S/c18-12-4-3-5-13(10-12)27(23,24)22-8-9-25-15(11-22)17-20-16(21-26-17)14-6-1-2-7-19-14/h1-7,10,15H,8-9,11H2/t15-/m0/s1. The first-order valence-electron chi connectivity index (χ1n) is 8.16. The zero-order chi connectivity index (χ0) is 18.9. The molecule has 0 aliphatic carbocycles. The van der Waals surface area contributed by atoms with Crippen molar-refractivity contribution in [2.45, 2.75) is 11.0 Å². The van der Waals surface area contributed by atoms with Gasteiger partial charge in [-0.25, -0.2) is 8.42 Å². The van der Waals surface area contributed by atoms with Crippen molar-refractivity contribution in [2.75, 3.05) is 19.7 Å². The van der Waals surface area contributed by atoms with Gasteiger partial charge in [-0.3, -0.25) is 4.98 Å². The number of ether oxygens (including phenoxy) is 1. The summed E-state index contributed by atoms with van der Waals surface area (Å²) in [6, 6.07) is 11.5. The van der Waals surface area contributed by atoms with Gasteiger partial charge in [-0.1, -0.05) is 28.9 Å². The van der Waals surface area contributed by atoms with E-state index in [2.05, 4.69) is 15.1 Å². The SMILES string of the molecule is O=S(=O)(c1cccc(Cl)c1)N1CCO[C@H](c2nc(-c3ccccn3)no2)C1. The summed E-state index contributed by atoms with van der Waals surface area (Å²) in [4.78, 5) is 8.60. The third-order valence-corrected chi connectivity index (χ3v) is 6.17. The van der Waals surface area contributed by atoms with E-state index in [1.165, 1.54) is 16.4 Å². The highest BCUT2D eigenvalue weighted by Crippen LogP contribution is 2.27. The van der Waals surface area contributed by atoms with Crippen LogP contribution < -0.4 is 0 Å². The number of pyridine rings is 1.